The van der Waals surface area contributed by atoms with E-state index in [2.05, 4.69) is 13.8 Å². The molecule has 1 aromatic carbocycles. The Morgan fingerprint density at radius 2 is 1.73 bits per heavy atom. The zero-order valence-corrected chi connectivity index (χ0v) is 20.7. The number of piperidine rings is 1. The molecule has 0 aliphatic carbocycles. The fourth-order valence-corrected chi connectivity index (χ4v) is 5.92. The molecule has 4 rings (SSSR count). The van der Waals surface area contributed by atoms with Gasteiger partial charge in [-0.15, -0.1) is 11.3 Å². The molecule has 2 atom stereocenters. The maximum atomic E-state index is 13.6. The Morgan fingerprint density at radius 3 is 2.33 bits per heavy atom. The summed E-state index contributed by atoms with van der Waals surface area (Å²) in [6.45, 7) is 11.9. The fourth-order valence-electron chi connectivity index (χ4n) is 4.78. The van der Waals surface area contributed by atoms with Crippen molar-refractivity contribution in [2.45, 2.75) is 47.6 Å². The number of hydrogen-bond acceptors (Lipinski definition) is 5. The molecule has 7 nitrogen and oxygen atoms in total. The van der Waals surface area contributed by atoms with Crippen LogP contribution in [0.3, 0.4) is 0 Å². The van der Waals surface area contributed by atoms with Gasteiger partial charge in [-0.3, -0.25) is 14.2 Å². The molecule has 0 unspecified atom stereocenters. The lowest BCUT2D eigenvalue weighted by Crippen LogP contribution is -2.46. The molecular formula is C25H31N3O4S. The number of aromatic nitrogens is 2. The van der Waals surface area contributed by atoms with Gasteiger partial charge in [0.1, 0.15) is 17.1 Å². The van der Waals surface area contributed by atoms with Crippen LogP contribution in [-0.4, -0.2) is 39.6 Å². The molecule has 0 radical (unpaired) electrons. The Labute approximate surface area is 197 Å². The zero-order chi connectivity index (χ0) is 23.9. The van der Waals surface area contributed by atoms with Crippen LogP contribution in [0.15, 0.2) is 33.9 Å². The van der Waals surface area contributed by atoms with Crippen molar-refractivity contribution < 1.29 is 9.53 Å². The number of benzene rings is 1. The van der Waals surface area contributed by atoms with Gasteiger partial charge in [-0.05, 0) is 68.9 Å². The van der Waals surface area contributed by atoms with Crippen molar-refractivity contribution in [1.29, 1.82) is 0 Å². The van der Waals surface area contributed by atoms with Crippen molar-refractivity contribution in [3.8, 4) is 11.4 Å². The minimum absolute atomic E-state index is 0.0779. The second-order valence-electron chi connectivity index (χ2n) is 9.14. The van der Waals surface area contributed by atoms with E-state index in [0.717, 1.165) is 16.9 Å². The largest absolute Gasteiger partial charge is 0.494 e. The van der Waals surface area contributed by atoms with Gasteiger partial charge in [0.2, 0.25) is 5.91 Å². The molecule has 0 N–H and O–H groups in total. The molecule has 0 bridgehead atoms. The van der Waals surface area contributed by atoms with Crippen LogP contribution in [0, 0.1) is 25.7 Å². The van der Waals surface area contributed by atoms with Crippen LogP contribution in [0.25, 0.3) is 15.9 Å². The van der Waals surface area contributed by atoms with E-state index in [0.29, 0.717) is 53.2 Å². The van der Waals surface area contributed by atoms with Crippen LogP contribution in [0.1, 0.15) is 37.6 Å². The molecule has 1 aliphatic heterocycles. The van der Waals surface area contributed by atoms with Gasteiger partial charge in [0, 0.05) is 18.0 Å². The van der Waals surface area contributed by atoms with Crippen molar-refractivity contribution in [3.05, 3.63) is 55.5 Å². The van der Waals surface area contributed by atoms with E-state index in [4.69, 9.17) is 4.74 Å². The van der Waals surface area contributed by atoms with Crippen LogP contribution in [0.4, 0.5) is 0 Å². The Kier molecular flexibility index (Phi) is 6.47. The summed E-state index contributed by atoms with van der Waals surface area (Å²) < 4.78 is 8.14. The Morgan fingerprint density at radius 1 is 1.09 bits per heavy atom. The SMILES string of the molecule is CCOc1ccc(-n2c(=O)c3c(C)c(C)sc3n(CC(=O)N3C[C@H](C)C[C@@H](C)C3)c2=O)cc1. The first kappa shape index (κ1) is 23.3. The predicted molar refractivity (Wildman–Crippen MR) is 132 cm³/mol. The number of carbonyl (C=O) groups is 1. The van der Waals surface area contributed by atoms with E-state index in [-0.39, 0.29) is 18.0 Å². The van der Waals surface area contributed by atoms with Crippen molar-refractivity contribution in [3.63, 3.8) is 0 Å². The Balaban J connectivity index is 1.84. The summed E-state index contributed by atoms with van der Waals surface area (Å²) in [5, 5.41) is 0.499. The van der Waals surface area contributed by atoms with Crippen molar-refractivity contribution in [1.82, 2.24) is 14.0 Å². The van der Waals surface area contributed by atoms with Crippen LogP contribution >= 0.6 is 11.3 Å². The highest BCUT2D eigenvalue weighted by Crippen LogP contribution is 2.28. The maximum absolute atomic E-state index is 13.6. The topological polar surface area (TPSA) is 73.5 Å². The Hall–Kier alpha value is -2.87. The van der Waals surface area contributed by atoms with Gasteiger partial charge in [0.15, 0.2) is 0 Å². The average molecular weight is 470 g/mol. The lowest BCUT2D eigenvalue weighted by Gasteiger charge is -2.35. The van der Waals surface area contributed by atoms with E-state index in [9.17, 15) is 14.4 Å². The lowest BCUT2D eigenvalue weighted by molar-refractivity contribution is -0.134. The highest BCUT2D eigenvalue weighted by atomic mass is 32.1. The molecule has 8 heteroatoms. The zero-order valence-electron chi connectivity index (χ0n) is 19.9. The second kappa shape index (κ2) is 9.17. The first-order valence-electron chi connectivity index (χ1n) is 11.5. The van der Waals surface area contributed by atoms with E-state index in [1.807, 2.05) is 25.7 Å². The molecule has 1 amide bonds. The summed E-state index contributed by atoms with van der Waals surface area (Å²) in [4.78, 5) is 43.7. The molecule has 3 heterocycles. The highest BCUT2D eigenvalue weighted by molar-refractivity contribution is 7.18. The normalized spacial score (nSPS) is 18.6. The van der Waals surface area contributed by atoms with Gasteiger partial charge in [-0.2, -0.15) is 0 Å². The van der Waals surface area contributed by atoms with Crippen LogP contribution < -0.4 is 16.0 Å². The number of likely N-dealkylation sites (tertiary alicyclic amines) is 1. The molecule has 3 aromatic rings. The molecule has 1 fully saturated rings. The van der Waals surface area contributed by atoms with Gasteiger partial charge in [0.25, 0.3) is 5.56 Å². The quantitative estimate of drug-likeness (QED) is 0.571. The summed E-state index contributed by atoms with van der Waals surface area (Å²) in [6, 6.07) is 6.89. The minimum Gasteiger partial charge on any atom is -0.494 e. The molecule has 2 aromatic heterocycles. The number of thiophene rings is 1. The first-order chi connectivity index (χ1) is 15.7. The molecule has 1 aliphatic rings. The summed E-state index contributed by atoms with van der Waals surface area (Å²) in [5.41, 5.74) is 0.454. The summed E-state index contributed by atoms with van der Waals surface area (Å²) in [5.74, 6) is 1.44. The third-order valence-electron chi connectivity index (χ3n) is 6.37. The van der Waals surface area contributed by atoms with E-state index in [1.54, 1.807) is 24.3 Å². The van der Waals surface area contributed by atoms with E-state index in [1.165, 1.54) is 20.5 Å². The van der Waals surface area contributed by atoms with E-state index < -0.39 is 5.69 Å². The number of hydrogen-bond donors (Lipinski definition) is 0. The summed E-state index contributed by atoms with van der Waals surface area (Å²) in [7, 11) is 0. The third-order valence-corrected chi connectivity index (χ3v) is 7.60. The number of aryl methyl sites for hydroxylation is 2. The fraction of sp³-hybridized carbons (Fsp3) is 0.480. The number of fused-ring (bicyclic) bond motifs is 1. The van der Waals surface area contributed by atoms with Gasteiger partial charge < -0.3 is 9.64 Å². The highest BCUT2D eigenvalue weighted by Gasteiger charge is 2.27. The number of nitrogens with zero attached hydrogens (tertiary/aromatic N) is 3. The smallest absolute Gasteiger partial charge is 0.337 e. The Bertz CT molecular complexity index is 1290. The van der Waals surface area contributed by atoms with Crippen molar-refractivity contribution in [2.24, 2.45) is 11.8 Å². The van der Waals surface area contributed by atoms with Crippen LogP contribution in [0.2, 0.25) is 0 Å². The van der Waals surface area contributed by atoms with Crippen LogP contribution in [0.5, 0.6) is 5.75 Å². The van der Waals surface area contributed by atoms with Gasteiger partial charge in [-0.1, -0.05) is 13.8 Å². The van der Waals surface area contributed by atoms with Gasteiger partial charge in [-0.25, -0.2) is 9.36 Å². The average Bonchev–Trinajstić information content (AvgIpc) is 3.06. The summed E-state index contributed by atoms with van der Waals surface area (Å²) in [6.07, 6.45) is 1.10. The van der Waals surface area contributed by atoms with Crippen molar-refractivity contribution >= 4 is 27.5 Å². The molecule has 0 spiro atoms. The maximum Gasteiger partial charge on any atom is 0.337 e. The molecule has 0 saturated carbocycles. The van der Waals surface area contributed by atoms with E-state index >= 15 is 0 Å². The van der Waals surface area contributed by atoms with Gasteiger partial charge in [0.05, 0.1) is 17.7 Å². The molecule has 33 heavy (non-hydrogen) atoms. The van der Waals surface area contributed by atoms with Crippen LogP contribution in [-0.2, 0) is 11.3 Å². The molecule has 1 saturated heterocycles. The standard InChI is InChI=1S/C25H31N3O4S/c1-6-32-20-9-7-19(8-10-20)28-23(30)22-17(4)18(5)33-24(22)27(25(28)31)14-21(29)26-12-15(2)11-16(3)13-26/h7-10,15-16H,6,11-14H2,1-5H3/t15-,16-/m1/s1. The monoisotopic (exact) mass is 469 g/mol. The van der Waals surface area contributed by atoms with Gasteiger partial charge >= 0.3 is 5.69 Å². The lowest BCUT2D eigenvalue weighted by atomic mass is 9.92. The minimum atomic E-state index is -0.496. The number of carbonyl (C=O) groups excluding carboxylic acids is 1. The molecule has 176 valence electrons. The number of rotatable bonds is 5. The predicted octanol–water partition coefficient (Wildman–Crippen LogP) is 3.73. The first-order valence-corrected chi connectivity index (χ1v) is 12.3. The molecular weight excluding hydrogens is 438 g/mol. The number of amides is 1. The number of ether oxygens (including phenoxy) is 1. The van der Waals surface area contributed by atoms with Crippen molar-refractivity contribution in [2.75, 3.05) is 19.7 Å². The third kappa shape index (κ3) is 4.36. The second-order valence-corrected chi connectivity index (χ2v) is 10.3. The summed E-state index contributed by atoms with van der Waals surface area (Å²) >= 11 is 1.40.